The van der Waals surface area contributed by atoms with Gasteiger partial charge in [0.2, 0.25) is 0 Å². The van der Waals surface area contributed by atoms with Gasteiger partial charge in [-0.2, -0.15) is 0 Å². The van der Waals surface area contributed by atoms with Crippen LogP contribution in [0.1, 0.15) is 42.0 Å². The maximum Gasteiger partial charge on any atom is 0.122 e. The van der Waals surface area contributed by atoms with Crippen molar-refractivity contribution in [3.05, 3.63) is 64.7 Å². The minimum absolute atomic E-state index is 0.126. The minimum atomic E-state index is 0.126. The Labute approximate surface area is 131 Å². The van der Waals surface area contributed by atoms with Gasteiger partial charge in [0.05, 0.1) is 0 Å². The first-order valence-electron chi connectivity index (χ1n) is 7.14. The van der Waals surface area contributed by atoms with E-state index in [0.717, 1.165) is 11.3 Å². The molecule has 2 nitrogen and oxygen atoms in total. The highest BCUT2D eigenvalue weighted by Crippen LogP contribution is 2.26. The molecule has 0 aliphatic rings. The van der Waals surface area contributed by atoms with Gasteiger partial charge in [-0.1, -0.05) is 38.1 Å². The second-order valence-corrected chi connectivity index (χ2v) is 6.62. The second kappa shape index (κ2) is 6.81. The van der Waals surface area contributed by atoms with E-state index < -0.39 is 0 Å². The summed E-state index contributed by atoms with van der Waals surface area (Å²) < 4.78 is 0. The van der Waals surface area contributed by atoms with Crippen LogP contribution in [0.25, 0.3) is 0 Å². The average Bonchev–Trinajstić information content (AvgIpc) is 2.46. The Morgan fingerprint density at radius 1 is 1.14 bits per heavy atom. The third-order valence-corrected chi connectivity index (χ3v) is 4.66. The first kappa shape index (κ1) is 15.6. The lowest BCUT2D eigenvalue weighted by atomic mass is 10.0. The van der Waals surface area contributed by atoms with Crippen LogP contribution in [0.4, 0.5) is 0 Å². The Hall–Kier alpha value is -1.74. The summed E-state index contributed by atoms with van der Waals surface area (Å²) in [4.78, 5) is 1.29. The zero-order valence-electron chi connectivity index (χ0n) is 12.8. The lowest BCUT2D eigenvalue weighted by molar-refractivity contribution is 0.865. The Morgan fingerprint density at radius 3 is 2.33 bits per heavy atom. The van der Waals surface area contributed by atoms with Crippen LogP contribution in [0.2, 0.25) is 0 Å². The van der Waals surface area contributed by atoms with Crippen LogP contribution in [-0.2, 0) is 5.75 Å². The van der Waals surface area contributed by atoms with Gasteiger partial charge in [0, 0.05) is 16.2 Å². The maximum atomic E-state index is 7.47. The van der Waals surface area contributed by atoms with E-state index >= 15 is 0 Å². The Balaban J connectivity index is 2.04. The number of hydrogen-bond acceptors (Lipinski definition) is 2. The summed E-state index contributed by atoms with van der Waals surface area (Å²) in [5, 5.41) is 7.47. The molecular formula is C18H22N2S. The van der Waals surface area contributed by atoms with Crippen molar-refractivity contribution in [2.24, 2.45) is 5.73 Å². The molecule has 2 rings (SSSR count). The number of aryl methyl sites for hydroxylation is 1. The highest BCUT2D eigenvalue weighted by molar-refractivity contribution is 7.98. The molecule has 0 atom stereocenters. The lowest BCUT2D eigenvalue weighted by Crippen LogP contribution is -2.11. The predicted molar refractivity (Wildman–Crippen MR) is 92.3 cm³/mol. The van der Waals surface area contributed by atoms with Crippen molar-refractivity contribution in [3.63, 3.8) is 0 Å². The van der Waals surface area contributed by atoms with Crippen LogP contribution in [0.15, 0.2) is 47.4 Å². The van der Waals surface area contributed by atoms with Gasteiger partial charge in [0.1, 0.15) is 5.84 Å². The topological polar surface area (TPSA) is 49.9 Å². The molecule has 0 aliphatic carbocycles. The highest BCUT2D eigenvalue weighted by atomic mass is 32.2. The predicted octanol–water partition coefficient (Wildman–Crippen LogP) is 4.69. The smallest absolute Gasteiger partial charge is 0.122 e. The molecule has 3 N–H and O–H groups in total. The summed E-state index contributed by atoms with van der Waals surface area (Å²) in [6.07, 6.45) is 0. The van der Waals surface area contributed by atoms with Crippen LogP contribution in [0, 0.1) is 12.3 Å². The third-order valence-electron chi connectivity index (χ3n) is 3.59. The molecule has 0 spiro atoms. The first-order chi connectivity index (χ1) is 9.97. The fourth-order valence-corrected chi connectivity index (χ4v) is 3.11. The van der Waals surface area contributed by atoms with Crippen molar-refractivity contribution in [2.75, 3.05) is 0 Å². The molecule has 0 heterocycles. The van der Waals surface area contributed by atoms with Gasteiger partial charge in [0.25, 0.3) is 0 Å². The summed E-state index contributed by atoms with van der Waals surface area (Å²) in [6.45, 7) is 6.49. The van der Waals surface area contributed by atoms with Crippen molar-refractivity contribution in [3.8, 4) is 0 Å². The molecule has 0 bridgehead atoms. The second-order valence-electron chi connectivity index (χ2n) is 5.57. The Bertz CT molecular complexity index is 630. The van der Waals surface area contributed by atoms with Crippen molar-refractivity contribution in [1.82, 2.24) is 0 Å². The fourth-order valence-electron chi connectivity index (χ4n) is 2.14. The SMILES string of the molecule is Cc1cc(C(=N)N)ccc1CSc1ccc(C(C)C)cc1. The Morgan fingerprint density at radius 2 is 1.81 bits per heavy atom. The van der Waals surface area contributed by atoms with Crippen molar-refractivity contribution < 1.29 is 0 Å². The van der Waals surface area contributed by atoms with Gasteiger partial charge < -0.3 is 5.73 Å². The van der Waals surface area contributed by atoms with Gasteiger partial charge in [-0.25, -0.2) is 0 Å². The van der Waals surface area contributed by atoms with Gasteiger partial charge in [-0.3, -0.25) is 5.41 Å². The normalized spacial score (nSPS) is 10.9. The van der Waals surface area contributed by atoms with E-state index in [1.807, 2.05) is 23.9 Å². The molecule has 0 amide bonds. The van der Waals surface area contributed by atoms with E-state index in [1.165, 1.54) is 21.6 Å². The van der Waals surface area contributed by atoms with Crippen LogP contribution in [0.3, 0.4) is 0 Å². The molecule has 0 fully saturated rings. The van der Waals surface area contributed by atoms with Gasteiger partial charge in [-0.15, -0.1) is 11.8 Å². The van der Waals surface area contributed by atoms with Gasteiger partial charge in [-0.05, 0) is 47.7 Å². The Kier molecular flexibility index (Phi) is 5.07. The quantitative estimate of drug-likeness (QED) is 0.478. The molecule has 21 heavy (non-hydrogen) atoms. The molecule has 2 aromatic rings. The zero-order valence-corrected chi connectivity index (χ0v) is 13.6. The average molecular weight is 298 g/mol. The molecule has 0 saturated carbocycles. The summed E-state index contributed by atoms with van der Waals surface area (Å²) in [5.74, 6) is 1.64. The van der Waals surface area contributed by atoms with E-state index in [-0.39, 0.29) is 5.84 Å². The molecule has 0 saturated heterocycles. The van der Waals surface area contributed by atoms with Crippen LogP contribution >= 0.6 is 11.8 Å². The van der Waals surface area contributed by atoms with Crippen molar-refractivity contribution >= 4 is 17.6 Å². The fraction of sp³-hybridized carbons (Fsp3) is 0.278. The monoisotopic (exact) mass is 298 g/mol. The molecule has 0 aliphatic heterocycles. The molecule has 3 heteroatoms. The molecule has 0 unspecified atom stereocenters. The van der Waals surface area contributed by atoms with E-state index in [4.69, 9.17) is 11.1 Å². The summed E-state index contributed by atoms with van der Waals surface area (Å²) in [6, 6.07) is 14.8. The molecule has 2 aromatic carbocycles. The molecule has 110 valence electrons. The van der Waals surface area contributed by atoms with Gasteiger partial charge in [0.15, 0.2) is 0 Å². The minimum Gasteiger partial charge on any atom is -0.384 e. The summed E-state index contributed by atoms with van der Waals surface area (Å²) in [5.41, 5.74) is 10.2. The van der Waals surface area contributed by atoms with E-state index in [1.54, 1.807) is 0 Å². The number of nitrogens with two attached hydrogens (primary N) is 1. The molecule has 0 radical (unpaired) electrons. The van der Waals surface area contributed by atoms with Gasteiger partial charge >= 0.3 is 0 Å². The number of nitrogens with one attached hydrogen (secondary N) is 1. The third kappa shape index (κ3) is 4.11. The highest BCUT2D eigenvalue weighted by Gasteiger charge is 2.04. The molecule has 0 aromatic heterocycles. The van der Waals surface area contributed by atoms with Crippen LogP contribution in [-0.4, -0.2) is 5.84 Å². The van der Waals surface area contributed by atoms with Crippen LogP contribution in [0.5, 0.6) is 0 Å². The summed E-state index contributed by atoms with van der Waals surface area (Å²) >= 11 is 1.84. The van der Waals surface area contributed by atoms with Crippen molar-refractivity contribution in [2.45, 2.75) is 37.3 Å². The largest absolute Gasteiger partial charge is 0.384 e. The number of amidine groups is 1. The maximum absolute atomic E-state index is 7.47. The number of hydrogen-bond donors (Lipinski definition) is 2. The lowest BCUT2D eigenvalue weighted by Gasteiger charge is -2.09. The van der Waals surface area contributed by atoms with E-state index in [2.05, 4.69) is 51.1 Å². The number of rotatable bonds is 5. The standard InChI is InChI=1S/C18H22N2S/c1-12(2)14-6-8-17(9-7-14)21-11-16-5-4-15(18(19)20)10-13(16)3/h4-10,12H,11H2,1-3H3,(H3,19,20). The van der Waals surface area contributed by atoms with Crippen molar-refractivity contribution in [1.29, 1.82) is 5.41 Å². The molecular weight excluding hydrogens is 276 g/mol. The van der Waals surface area contributed by atoms with E-state index in [0.29, 0.717) is 5.92 Å². The number of benzene rings is 2. The number of nitrogen functional groups attached to an aromatic ring is 1. The summed E-state index contributed by atoms with van der Waals surface area (Å²) in [7, 11) is 0. The van der Waals surface area contributed by atoms with Crippen LogP contribution < -0.4 is 5.73 Å². The number of thioether (sulfide) groups is 1. The van der Waals surface area contributed by atoms with E-state index in [9.17, 15) is 0 Å². The zero-order chi connectivity index (χ0) is 15.4. The first-order valence-corrected chi connectivity index (χ1v) is 8.12.